The van der Waals surface area contributed by atoms with Gasteiger partial charge in [0.25, 0.3) is 0 Å². The maximum Gasteiger partial charge on any atom is 0.146 e. The molecule has 0 bridgehead atoms. The van der Waals surface area contributed by atoms with E-state index in [2.05, 4.69) is 51.6 Å². The number of likely N-dealkylation sites (tertiary alicyclic amines) is 1. The van der Waals surface area contributed by atoms with Crippen molar-refractivity contribution in [3.05, 3.63) is 36.8 Å². The van der Waals surface area contributed by atoms with Crippen LogP contribution < -0.4 is 10.5 Å². The molecule has 1 aliphatic carbocycles. The van der Waals surface area contributed by atoms with Crippen molar-refractivity contribution < 1.29 is 14.6 Å². The standard InChI is InChI=1S/C28H37N5O3/c1-28(2)8-6-23(36-28)16-35-22-5-3-4-19(12-22)24-15-33(27-25(24)26(29)30-17-31-27)20-10-18(11-20)13-32-9-7-21(34)14-32/h3-5,12,15,17-18,20-21,23,34H,6-11,13-14,16H2,1-2H3,(H2,29,30,31). The number of anilines is 1. The number of nitrogen functional groups attached to an aromatic ring is 1. The average molecular weight is 492 g/mol. The highest BCUT2D eigenvalue weighted by atomic mass is 16.6. The summed E-state index contributed by atoms with van der Waals surface area (Å²) in [5.74, 6) is 1.98. The van der Waals surface area contributed by atoms with Crippen LogP contribution in [-0.4, -0.2) is 68.6 Å². The van der Waals surface area contributed by atoms with Crippen LogP contribution in [0.2, 0.25) is 0 Å². The first-order valence-corrected chi connectivity index (χ1v) is 13.3. The van der Waals surface area contributed by atoms with Crippen LogP contribution in [0.5, 0.6) is 5.75 Å². The molecule has 3 fully saturated rings. The second-order valence-electron chi connectivity index (χ2n) is 11.5. The van der Waals surface area contributed by atoms with E-state index < -0.39 is 0 Å². The van der Waals surface area contributed by atoms with E-state index in [-0.39, 0.29) is 17.8 Å². The molecule has 2 aliphatic heterocycles. The molecule has 3 aliphatic rings. The van der Waals surface area contributed by atoms with Crippen molar-refractivity contribution in [3.8, 4) is 16.9 Å². The third-order valence-corrected chi connectivity index (χ3v) is 8.14. The number of aliphatic hydroxyl groups is 1. The van der Waals surface area contributed by atoms with E-state index in [1.54, 1.807) is 6.33 Å². The number of hydrogen-bond donors (Lipinski definition) is 2. The maximum absolute atomic E-state index is 9.83. The quantitative estimate of drug-likeness (QED) is 0.515. The minimum absolute atomic E-state index is 0.0640. The lowest BCUT2D eigenvalue weighted by Gasteiger charge is -2.38. The maximum atomic E-state index is 9.83. The van der Waals surface area contributed by atoms with Crippen molar-refractivity contribution in [2.24, 2.45) is 5.92 Å². The van der Waals surface area contributed by atoms with Crippen molar-refractivity contribution in [1.82, 2.24) is 19.4 Å². The SMILES string of the molecule is CC1(C)CCC(COc2cccc(-c3cn(C4CC(CN5CCC(O)C5)C4)c4ncnc(N)c34)c2)O1. The number of ether oxygens (including phenoxy) is 2. The van der Waals surface area contributed by atoms with Crippen molar-refractivity contribution in [2.75, 3.05) is 32.0 Å². The van der Waals surface area contributed by atoms with E-state index in [1.807, 2.05) is 12.1 Å². The molecular weight excluding hydrogens is 454 g/mol. The number of nitrogens with two attached hydrogens (primary N) is 1. The summed E-state index contributed by atoms with van der Waals surface area (Å²) in [6.07, 6.45) is 8.92. The van der Waals surface area contributed by atoms with Gasteiger partial charge in [0.05, 0.1) is 23.2 Å². The van der Waals surface area contributed by atoms with Gasteiger partial charge < -0.3 is 29.8 Å². The lowest BCUT2D eigenvalue weighted by molar-refractivity contribution is -0.0326. The summed E-state index contributed by atoms with van der Waals surface area (Å²) in [7, 11) is 0. The van der Waals surface area contributed by atoms with Gasteiger partial charge in [-0.15, -0.1) is 0 Å². The molecule has 4 heterocycles. The third kappa shape index (κ3) is 4.69. The normalized spacial score (nSPS) is 28.0. The van der Waals surface area contributed by atoms with Gasteiger partial charge in [-0.05, 0) is 69.6 Å². The summed E-state index contributed by atoms with van der Waals surface area (Å²) >= 11 is 0. The zero-order chi connectivity index (χ0) is 24.9. The molecule has 0 amide bonds. The number of benzene rings is 1. The highest BCUT2D eigenvalue weighted by Crippen LogP contribution is 2.43. The molecule has 3 aromatic rings. The highest BCUT2D eigenvalue weighted by molar-refractivity contribution is 6.00. The Morgan fingerprint density at radius 2 is 2.08 bits per heavy atom. The smallest absolute Gasteiger partial charge is 0.146 e. The van der Waals surface area contributed by atoms with Gasteiger partial charge in [0, 0.05) is 37.4 Å². The lowest BCUT2D eigenvalue weighted by atomic mass is 9.79. The fourth-order valence-corrected chi connectivity index (χ4v) is 6.16. The van der Waals surface area contributed by atoms with Gasteiger partial charge in [-0.2, -0.15) is 0 Å². The summed E-state index contributed by atoms with van der Waals surface area (Å²) < 4.78 is 14.5. The Labute approximate surface area is 212 Å². The minimum Gasteiger partial charge on any atom is -0.491 e. The molecule has 0 spiro atoms. The molecular formula is C28H37N5O3. The summed E-state index contributed by atoms with van der Waals surface area (Å²) in [6.45, 7) is 7.71. The summed E-state index contributed by atoms with van der Waals surface area (Å²) in [6, 6.07) is 8.59. The van der Waals surface area contributed by atoms with Crippen molar-refractivity contribution in [3.63, 3.8) is 0 Å². The Morgan fingerprint density at radius 1 is 1.22 bits per heavy atom. The molecule has 6 rings (SSSR count). The van der Waals surface area contributed by atoms with Gasteiger partial charge in [0.2, 0.25) is 0 Å². The minimum atomic E-state index is -0.159. The van der Waals surface area contributed by atoms with Crippen molar-refractivity contribution in [1.29, 1.82) is 0 Å². The van der Waals surface area contributed by atoms with Crippen LogP contribution in [0.4, 0.5) is 5.82 Å². The van der Waals surface area contributed by atoms with Gasteiger partial charge in [-0.1, -0.05) is 12.1 Å². The first kappa shape index (κ1) is 23.7. The molecule has 8 heteroatoms. The number of aromatic nitrogens is 3. The fourth-order valence-electron chi connectivity index (χ4n) is 6.16. The molecule has 2 aromatic heterocycles. The number of hydrogen-bond acceptors (Lipinski definition) is 7. The van der Waals surface area contributed by atoms with Crippen molar-refractivity contribution in [2.45, 2.75) is 69.8 Å². The summed E-state index contributed by atoms with van der Waals surface area (Å²) in [5, 5.41) is 10.7. The molecule has 1 saturated carbocycles. The van der Waals surface area contributed by atoms with Crippen LogP contribution in [0.3, 0.4) is 0 Å². The molecule has 1 aromatic carbocycles. The first-order chi connectivity index (χ1) is 17.3. The average Bonchev–Trinajstić information content (AvgIpc) is 3.52. The van der Waals surface area contributed by atoms with Gasteiger partial charge in [0.1, 0.15) is 30.1 Å². The number of β-amino-alcohol motifs (C(OH)–C–C–N with tert-alkyl or cyclic N) is 1. The fraction of sp³-hybridized carbons (Fsp3) is 0.571. The second kappa shape index (κ2) is 9.32. The molecule has 192 valence electrons. The van der Waals surface area contributed by atoms with E-state index in [0.717, 1.165) is 79.6 Å². The summed E-state index contributed by atoms with van der Waals surface area (Å²) in [5.41, 5.74) is 9.30. The van der Waals surface area contributed by atoms with E-state index in [9.17, 15) is 5.11 Å². The number of rotatable bonds is 7. The zero-order valence-electron chi connectivity index (χ0n) is 21.3. The number of aliphatic hydroxyl groups excluding tert-OH is 1. The van der Waals surface area contributed by atoms with Crippen molar-refractivity contribution >= 4 is 16.9 Å². The van der Waals surface area contributed by atoms with E-state index in [4.69, 9.17) is 15.2 Å². The monoisotopic (exact) mass is 491 g/mol. The van der Waals surface area contributed by atoms with Crippen LogP contribution in [0, 0.1) is 5.92 Å². The molecule has 0 radical (unpaired) electrons. The van der Waals surface area contributed by atoms with E-state index >= 15 is 0 Å². The Balaban J connectivity index is 1.20. The lowest BCUT2D eigenvalue weighted by Crippen LogP contribution is -2.36. The Hall–Kier alpha value is -2.68. The van der Waals surface area contributed by atoms with E-state index in [0.29, 0.717) is 24.4 Å². The van der Waals surface area contributed by atoms with Gasteiger partial charge in [-0.25, -0.2) is 9.97 Å². The van der Waals surface area contributed by atoms with Gasteiger partial charge in [-0.3, -0.25) is 0 Å². The molecule has 8 nitrogen and oxygen atoms in total. The molecule has 2 unspecified atom stereocenters. The molecule has 3 N–H and O–H groups in total. The topological polar surface area (TPSA) is 98.7 Å². The zero-order valence-corrected chi connectivity index (χ0v) is 21.3. The molecule has 36 heavy (non-hydrogen) atoms. The van der Waals surface area contributed by atoms with Crippen LogP contribution in [0.25, 0.3) is 22.2 Å². The van der Waals surface area contributed by atoms with Gasteiger partial charge in [0.15, 0.2) is 0 Å². The first-order valence-electron chi connectivity index (χ1n) is 13.3. The Morgan fingerprint density at radius 3 is 2.83 bits per heavy atom. The Kier molecular flexibility index (Phi) is 6.14. The highest BCUT2D eigenvalue weighted by Gasteiger charge is 2.35. The van der Waals surface area contributed by atoms with Gasteiger partial charge >= 0.3 is 0 Å². The number of fused-ring (bicyclic) bond motifs is 1. The largest absolute Gasteiger partial charge is 0.491 e. The second-order valence-corrected chi connectivity index (χ2v) is 11.5. The Bertz CT molecular complexity index is 1240. The van der Waals surface area contributed by atoms with Crippen LogP contribution >= 0.6 is 0 Å². The predicted octanol–water partition coefficient (Wildman–Crippen LogP) is 4.03. The van der Waals surface area contributed by atoms with Crippen LogP contribution in [0.15, 0.2) is 36.8 Å². The summed E-state index contributed by atoms with van der Waals surface area (Å²) in [4.78, 5) is 11.3. The molecule has 2 saturated heterocycles. The van der Waals surface area contributed by atoms with Crippen LogP contribution in [-0.2, 0) is 4.74 Å². The van der Waals surface area contributed by atoms with E-state index in [1.165, 1.54) is 0 Å². The molecule has 2 atom stereocenters. The number of nitrogens with zero attached hydrogens (tertiary/aromatic N) is 4. The van der Waals surface area contributed by atoms with Crippen LogP contribution in [0.1, 0.15) is 52.0 Å². The predicted molar refractivity (Wildman–Crippen MR) is 140 cm³/mol. The third-order valence-electron chi connectivity index (χ3n) is 8.14.